The number of hydrogen-bond acceptors (Lipinski definition) is 7. The Balaban J connectivity index is 1.51. The van der Waals surface area contributed by atoms with Gasteiger partial charge < -0.3 is 29.9 Å². The van der Waals surface area contributed by atoms with Crippen LogP contribution in [0.3, 0.4) is 0 Å². The predicted octanol–water partition coefficient (Wildman–Crippen LogP) is 1.17. The molecule has 1 atom stereocenters. The van der Waals surface area contributed by atoms with Crippen molar-refractivity contribution in [3.8, 4) is 0 Å². The summed E-state index contributed by atoms with van der Waals surface area (Å²) in [6, 6.07) is 9.42. The van der Waals surface area contributed by atoms with E-state index in [1.807, 2.05) is 43.9 Å². The van der Waals surface area contributed by atoms with Crippen LogP contribution in [-0.4, -0.2) is 116 Å². The molecule has 4 amide bonds. The highest BCUT2D eigenvalue weighted by Crippen LogP contribution is 2.30. The van der Waals surface area contributed by atoms with Gasteiger partial charge in [0.05, 0.1) is 31.8 Å². The fraction of sp³-hybridized carbons (Fsp3) is 0.677. The number of likely N-dealkylation sites (tertiary alicyclic amines) is 1. The monoisotopic (exact) mass is 585 g/mol. The maximum absolute atomic E-state index is 14.0. The van der Waals surface area contributed by atoms with Crippen molar-refractivity contribution in [2.45, 2.75) is 64.6 Å². The number of nitrogens with one attached hydrogen (secondary N) is 2. The predicted molar refractivity (Wildman–Crippen MR) is 157 cm³/mol. The Bertz CT molecular complexity index is 1080. The molecule has 3 fully saturated rings. The molecule has 0 unspecified atom stereocenters. The number of amides is 4. The molecule has 0 aromatic heterocycles. The molecule has 4 rings (SSSR count). The molecule has 3 saturated heterocycles. The maximum atomic E-state index is 14.0. The van der Waals surface area contributed by atoms with Crippen molar-refractivity contribution in [1.29, 1.82) is 0 Å². The van der Waals surface area contributed by atoms with Gasteiger partial charge in [0.25, 0.3) is 0 Å². The molecule has 0 radical (unpaired) electrons. The lowest BCUT2D eigenvalue weighted by atomic mass is 9.82. The Labute approximate surface area is 249 Å². The molecule has 0 saturated carbocycles. The highest BCUT2D eigenvalue weighted by molar-refractivity contribution is 5.89. The van der Waals surface area contributed by atoms with E-state index >= 15 is 0 Å². The number of carbonyl (C=O) groups is 4. The minimum absolute atomic E-state index is 0.0611. The van der Waals surface area contributed by atoms with Gasteiger partial charge in [-0.2, -0.15) is 0 Å². The number of piperidine rings is 1. The number of ether oxygens (including phenoxy) is 2. The van der Waals surface area contributed by atoms with Gasteiger partial charge >= 0.3 is 0 Å². The topological polar surface area (TPSA) is 121 Å². The van der Waals surface area contributed by atoms with Gasteiger partial charge in [-0.3, -0.25) is 24.1 Å². The molecular formula is C31H47N5O6. The summed E-state index contributed by atoms with van der Waals surface area (Å²) in [5.41, 5.74) is 0.194. The van der Waals surface area contributed by atoms with Crippen molar-refractivity contribution < 1.29 is 28.7 Å². The molecule has 232 valence electrons. The average molecular weight is 586 g/mol. The van der Waals surface area contributed by atoms with Crippen molar-refractivity contribution in [3.63, 3.8) is 0 Å². The maximum Gasteiger partial charge on any atom is 0.246 e. The van der Waals surface area contributed by atoms with Crippen LogP contribution in [-0.2, 0) is 35.2 Å². The number of hydrogen-bond donors (Lipinski definition) is 2. The molecular weight excluding hydrogens is 538 g/mol. The van der Waals surface area contributed by atoms with E-state index in [-0.39, 0.29) is 48.7 Å². The van der Waals surface area contributed by atoms with Crippen LogP contribution in [0.1, 0.15) is 52.0 Å². The van der Waals surface area contributed by atoms with Crippen molar-refractivity contribution in [2.24, 2.45) is 5.41 Å². The van der Waals surface area contributed by atoms with Gasteiger partial charge in [-0.05, 0) is 23.8 Å². The van der Waals surface area contributed by atoms with E-state index in [2.05, 4.69) is 27.7 Å². The van der Waals surface area contributed by atoms with Crippen LogP contribution in [0, 0.1) is 5.41 Å². The van der Waals surface area contributed by atoms with E-state index in [1.165, 1.54) is 0 Å². The second kappa shape index (κ2) is 14.4. The zero-order chi connectivity index (χ0) is 30.2. The number of nitrogens with zero attached hydrogens (tertiary/aromatic N) is 3. The largest absolute Gasteiger partial charge is 0.377 e. The van der Waals surface area contributed by atoms with Gasteiger partial charge in [0.2, 0.25) is 23.6 Å². The summed E-state index contributed by atoms with van der Waals surface area (Å²) >= 11 is 0. The molecule has 1 aromatic rings. The van der Waals surface area contributed by atoms with Crippen molar-refractivity contribution in [1.82, 2.24) is 25.3 Å². The Kier molecular flexibility index (Phi) is 11.0. The lowest BCUT2D eigenvalue weighted by Crippen LogP contribution is -2.63. The van der Waals surface area contributed by atoms with E-state index in [0.717, 1.165) is 5.56 Å². The van der Waals surface area contributed by atoms with Gasteiger partial charge in [0, 0.05) is 52.2 Å². The lowest BCUT2D eigenvalue weighted by molar-refractivity contribution is -0.147. The van der Waals surface area contributed by atoms with E-state index in [0.29, 0.717) is 78.3 Å². The number of fused-ring (bicyclic) bond motifs is 1. The standard InChI is InChI=1S/C31H47N5O6/c1-30(2,3)19-27(38)35-12-9-31(10-13-35)20-28(39)36-15-14-34(21-24-7-5-4-6-8-24)22-25(36)29(40)32-11-16-41-17-18-42-23-26(37)33-31/h4-8,25H,9-23H2,1-3H3,(H,32,40)(H,33,37)/t25-/m0/s1. The number of benzene rings is 1. The summed E-state index contributed by atoms with van der Waals surface area (Å²) in [5, 5.41) is 6.04. The fourth-order valence-corrected chi connectivity index (χ4v) is 5.92. The Hall–Kier alpha value is -3.02. The molecule has 1 aromatic carbocycles. The first-order valence-corrected chi connectivity index (χ1v) is 15.1. The van der Waals surface area contributed by atoms with E-state index < -0.39 is 11.6 Å². The molecule has 1 spiro atoms. The molecule has 2 N–H and O–H groups in total. The molecule has 11 heteroatoms. The summed E-state index contributed by atoms with van der Waals surface area (Å²) in [5.74, 6) is -0.605. The summed E-state index contributed by atoms with van der Waals surface area (Å²) in [6.45, 7) is 10.2. The van der Waals surface area contributed by atoms with E-state index in [9.17, 15) is 19.2 Å². The number of carbonyl (C=O) groups excluding carboxylic acids is 4. The summed E-state index contributed by atoms with van der Waals surface area (Å²) in [6.07, 6.45) is 1.40. The van der Waals surface area contributed by atoms with Crippen LogP contribution in [0.2, 0.25) is 0 Å². The second-order valence-electron chi connectivity index (χ2n) is 12.9. The Morgan fingerprint density at radius 1 is 0.976 bits per heavy atom. The lowest BCUT2D eigenvalue weighted by Gasteiger charge is -2.45. The number of piperazine rings is 1. The molecule has 3 aliphatic rings. The van der Waals surface area contributed by atoms with Gasteiger partial charge in [-0.25, -0.2) is 0 Å². The molecule has 0 bridgehead atoms. The molecule has 0 aliphatic carbocycles. The smallest absolute Gasteiger partial charge is 0.246 e. The highest BCUT2D eigenvalue weighted by Gasteiger charge is 2.43. The molecule has 3 heterocycles. The first-order chi connectivity index (χ1) is 20.0. The van der Waals surface area contributed by atoms with Crippen LogP contribution >= 0.6 is 0 Å². The zero-order valence-corrected chi connectivity index (χ0v) is 25.4. The van der Waals surface area contributed by atoms with E-state index in [4.69, 9.17) is 9.47 Å². The number of rotatable bonds is 3. The SMILES string of the molecule is CC(C)(C)CC(=O)N1CCC2(CC1)CC(=O)N1CCN(Cc3ccccc3)C[C@H]1C(=O)NCCOCCOCC(=O)N2. The summed E-state index contributed by atoms with van der Waals surface area (Å²) in [4.78, 5) is 59.0. The third kappa shape index (κ3) is 9.24. The second-order valence-corrected chi connectivity index (χ2v) is 12.9. The zero-order valence-electron chi connectivity index (χ0n) is 25.4. The van der Waals surface area contributed by atoms with E-state index in [1.54, 1.807) is 4.90 Å². The van der Waals surface area contributed by atoms with Crippen LogP contribution in [0.5, 0.6) is 0 Å². The van der Waals surface area contributed by atoms with Gasteiger partial charge in [-0.15, -0.1) is 0 Å². The van der Waals surface area contributed by atoms with Crippen LogP contribution in [0.4, 0.5) is 0 Å². The van der Waals surface area contributed by atoms with Crippen molar-refractivity contribution in [2.75, 3.05) is 65.7 Å². The first-order valence-electron chi connectivity index (χ1n) is 15.1. The molecule has 3 aliphatic heterocycles. The minimum atomic E-state index is -0.828. The van der Waals surface area contributed by atoms with Crippen molar-refractivity contribution >= 4 is 23.6 Å². The first kappa shape index (κ1) is 31.9. The Morgan fingerprint density at radius 3 is 2.40 bits per heavy atom. The van der Waals surface area contributed by atoms with Gasteiger partial charge in [0.15, 0.2) is 0 Å². The quantitative estimate of drug-likeness (QED) is 0.547. The van der Waals surface area contributed by atoms with Crippen molar-refractivity contribution in [3.05, 3.63) is 35.9 Å². The fourth-order valence-electron chi connectivity index (χ4n) is 5.92. The van der Waals surface area contributed by atoms with Crippen LogP contribution in [0.25, 0.3) is 0 Å². The van der Waals surface area contributed by atoms with Crippen LogP contribution in [0.15, 0.2) is 30.3 Å². The molecule has 11 nitrogen and oxygen atoms in total. The third-order valence-corrected chi connectivity index (χ3v) is 8.14. The normalized spacial score (nSPS) is 23.7. The third-order valence-electron chi connectivity index (χ3n) is 8.14. The summed E-state index contributed by atoms with van der Waals surface area (Å²) in [7, 11) is 0. The molecule has 42 heavy (non-hydrogen) atoms. The Morgan fingerprint density at radius 2 is 1.69 bits per heavy atom. The minimum Gasteiger partial charge on any atom is -0.377 e. The highest BCUT2D eigenvalue weighted by atomic mass is 16.5. The van der Waals surface area contributed by atoms with Gasteiger partial charge in [0.1, 0.15) is 12.6 Å². The average Bonchev–Trinajstić information content (AvgIpc) is 2.93. The van der Waals surface area contributed by atoms with Crippen LogP contribution < -0.4 is 10.6 Å². The van der Waals surface area contributed by atoms with Gasteiger partial charge in [-0.1, -0.05) is 51.1 Å². The summed E-state index contributed by atoms with van der Waals surface area (Å²) < 4.78 is 11.1.